The van der Waals surface area contributed by atoms with E-state index in [2.05, 4.69) is 4.74 Å². The van der Waals surface area contributed by atoms with Gasteiger partial charge in [-0.3, -0.25) is 4.79 Å². The summed E-state index contributed by atoms with van der Waals surface area (Å²) in [4.78, 5) is 11.2. The summed E-state index contributed by atoms with van der Waals surface area (Å²) in [6, 6.07) is 0. The molecule has 0 aromatic rings. The van der Waals surface area contributed by atoms with Crippen LogP contribution >= 0.6 is 0 Å². The maximum absolute atomic E-state index is 11.2. The van der Waals surface area contributed by atoms with Crippen LogP contribution in [-0.2, 0) is 9.53 Å². The van der Waals surface area contributed by atoms with E-state index in [1.807, 2.05) is 6.92 Å². The largest absolute Gasteiger partial charge is 0.469 e. The number of carbonyl (C=O) groups is 1. The molecule has 0 amide bonds. The van der Waals surface area contributed by atoms with Gasteiger partial charge in [0.1, 0.15) is 0 Å². The van der Waals surface area contributed by atoms with Gasteiger partial charge >= 0.3 is 5.97 Å². The molecule has 3 nitrogen and oxygen atoms in total. The molecule has 0 radical (unpaired) electrons. The van der Waals surface area contributed by atoms with E-state index in [-0.39, 0.29) is 17.5 Å². The summed E-state index contributed by atoms with van der Waals surface area (Å²) in [6.07, 6.45) is 1.59. The molecule has 0 aromatic heterocycles. The second-order valence-corrected chi connectivity index (χ2v) is 3.19. The van der Waals surface area contributed by atoms with Crippen molar-refractivity contribution in [1.82, 2.24) is 0 Å². The predicted molar refractivity (Wildman–Crippen MR) is 40.0 cm³/mol. The third kappa shape index (κ3) is 1.25. The number of carbonyl (C=O) groups excluding carboxylic acids is 1. The van der Waals surface area contributed by atoms with Gasteiger partial charge in [0, 0.05) is 0 Å². The van der Waals surface area contributed by atoms with E-state index in [9.17, 15) is 4.79 Å². The first-order chi connectivity index (χ1) is 5.14. The molecule has 0 atom stereocenters. The Morgan fingerprint density at radius 1 is 1.73 bits per heavy atom. The second-order valence-electron chi connectivity index (χ2n) is 3.19. The lowest BCUT2D eigenvalue weighted by Gasteiger charge is -2.41. The fourth-order valence-electron chi connectivity index (χ4n) is 1.66. The molecule has 11 heavy (non-hydrogen) atoms. The summed E-state index contributed by atoms with van der Waals surface area (Å²) in [7, 11) is 1.39. The highest BCUT2D eigenvalue weighted by Gasteiger charge is 2.49. The molecule has 0 aliphatic heterocycles. The van der Waals surface area contributed by atoms with E-state index in [1.165, 1.54) is 7.11 Å². The Balaban J connectivity index is 2.57. The highest BCUT2D eigenvalue weighted by molar-refractivity contribution is 5.78. The van der Waals surface area contributed by atoms with Gasteiger partial charge in [-0.25, -0.2) is 0 Å². The number of methoxy groups -OCH3 is 1. The van der Waals surface area contributed by atoms with Crippen molar-refractivity contribution in [2.45, 2.75) is 32.3 Å². The van der Waals surface area contributed by atoms with Gasteiger partial charge in [-0.1, -0.05) is 6.92 Å². The van der Waals surface area contributed by atoms with Gasteiger partial charge in [-0.05, 0) is 19.3 Å². The summed E-state index contributed by atoms with van der Waals surface area (Å²) >= 11 is 0. The van der Waals surface area contributed by atoms with E-state index in [0.29, 0.717) is 12.8 Å². The van der Waals surface area contributed by atoms with E-state index in [4.69, 9.17) is 5.11 Å². The minimum atomic E-state index is -0.367. The van der Waals surface area contributed by atoms with Crippen molar-refractivity contribution < 1.29 is 14.6 Å². The topological polar surface area (TPSA) is 46.5 Å². The highest BCUT2D eigenvalue weighted by atomic mass is 16.5. The molecule has 0 heterocycles. The van der Waals surface area contributed by atoms with Crippen LogP contribution in [0.25, 0.3) is 0 Å². The van der Waals surface area contributed by atoms with Crippen LogP contribution in [0, 0.1) is 5.41 Å². The van der Waals surface area contributed by atoms with Crippen LogP contribution in [0.15, 0.2) is 0 Å². The van der Waals surface area contributed by atoms with Crippen molar-refractivity contribution in [2.75, 3.05) is 7.11 Å². The Morgan fingerprint density at radius 3 is 2.55 bits per heavy atom. The van der Waals surface area contributed by atoms with Crippen molar-refractivity contribution >= 4 is 5.97 Å². The molecule has 1 rings (SSSR count). The second kappa shape index (κ2) is 2.81. The van der Waals surface area contributed by atoms with Crippen LogP contribution in [0.4, 0.5) is 0 Å². The van der Waals surface area contributed by atoms with Gasteiger partial charge in [0.05, 0.1) is 18.6 Å². The summed E-state index contributed by atoms with van der Waals surface area (Å²) < 4.78 is 4.65. The number of ether oxygens (including phenoxy) is 1. The van der Waals surface area contributed by atoms with Gasteiger partial charge in [-0.2, -0.15) is 0 Å². The normalized spacial score (nSPS) is 36.1. The quantitative estimate of drug-likeness (QED) is 0.602. The van der Waals surface area contributed by atoms with Gasteiger partial charge in [-0.15, -0.1) is 0 Å². The van der Waals surface area contributed by atoms with Crippen LogP contribution in [0.2, 0.25) is 0 Å². The SMILES string of the molecule is CCC1(C(=O)OC)CC(O)C1. The number of esters is 1. The third-order valence-electron chi connectivity index (χ3n) is 2.55. The lowest BCUT2D eigenvalue weighted by molar-refractivity contribution is -0.167. The Bertz CT molecular complexity index is 159. The first-order valence-electron chi connectivity index (χ1n) is 3.91. The molecule has 0 unspecified atom stereocenters. The highest BCUT2D eigenvalue weighted by Crippen LogP contribution is 2.44. The van der Waals surface area contributed by atoms with E-state index in [0.717, 1.165) is 6.42 Å². The van der Waals surface area contributed by atoms with Crippen LogP contribution in [-0.4, -0.2) is 24.3 Å². The lowest BCUT2D eigenvalue weighted by atomic mass is 9.65. The molecule has 1 aliphatic rings. The molecule has 64 valence electrons. The third-order valence-corrected chi connectivity index (χ3v) is 2.55. The molecule has 0 saturated heterocycles. The number of hydrogen-bond donors (Lipinski definition) is 1. The van der Waals surface area contributed by atoms with Crippen LogP contribution in [0.1, 0.15) is 26.2 Å². The van der Waals surface area contributed by atoms with E-state index < -0.39 is 0 Å². The van der Waals surface area contributed by atoms with Crippen molar-refractivity contribution in [3.63, 3.8) is 0 Å². The fourth-order valence-corrected chi connectivity index (χ4v) is 1.66. The zero-order valence-electron chi connectivity index (χ0n) is 6.96. The summed E-state index contributed by atoms with van der Waals surface area (Å²) in [5.74, 6) is -0.176. The summed E-state index contributed by atoms with van der Waals surface area (Å²) in [6.45, 7) is 1.95. The van der Waals surface area contributed by atoms with Crippen LogP contribution < -0.4 is 0 Å². The van der Waals surface area contributed by atoms with Gasteiger partial charge in [0.25, 0.3) is 0 Å². The minimum absolute atomic E-state index is 0.176. The van der Waals surface area contributed by atoms with E-state index in [1.54, 1.807) is 0 Å². The molecule has 1 aliphatic carbocycles. The van der Waals surface area contributed by atoms with Crippen molar-refractivity contribution in [2.24, 2.45) is 5.41 Å². The summed E-state index contributed by atoms with van der Waals surface area (Å²) in [5, 5.41) is 9.05. The first-order valence-corrected chi connectivity index (χ1v) is 3.91. The number of rotatable bonds is 2. The molecule has 1 saturated carbocycles. The Morgan fingerprint density at radius 2 is 2.27 bits per heavy atom. The molecule has 1 fully saturated rings. The smallest absolute Gasteiger partial charge is 0.311 e. The average molecular weight is 158 g/mol. The van der Waals surface area contributed by atoms with Crippen molar-refractivity contribution in [3.05, 3.63) is 0 Å². The standard InChI is InChI=1S/C8H14O3/c1-3-8(7(10)11-2)4-6(9)5-8/h6,9H,3-5H2,1-2H3. The first kappa shape index (κ1) is 8.53. The van der Waals surface area contributed by atoms with E-state index >= 15 is 0 Å². The number of aliphatic hydroxyl groups excluding tert-OH is 1. The minimum Gasteiger partial charge on any atom is -0.469 e. The van der Waals surface area contributed by atoms with Crippen LogP contribution in [0.5, 0.6) is 0 Å². The zero-order valence-corrected chi connectivity index (χ0v) is 6.96. The Labute approximate surface area is 66.4 Å². The predicted octanol–water partition coefficient (Wildman–Crippen LogP) is 0.711. The Hall–Kier alpha value is -0.570. The van der Waals surface area contributed by atoms with Gasteiger partial charge in [0.15, 0.2) is 0 Å². The molecule has 0 aromatic carbocycles. The van der Waals surface area contributed by atoms with Crippen LogP contribution in [0.3, 0.4) is 0 Å². The lowest BCUT2D eigenvalue weighted by Crippen LogP contribution is -2.46. The summed E-state index contributed by atoms with van der Waals surface area (Å²) in [5.41, 5.74) is -0.367. The molecule has 1 N–H and O–H groups in total. The number of aliphatic hydroxyl groups is 1. The van der Waals surface area contributed by atoms with Crippen molar-refractivity contribution in [1.29, 1.82) is 0 Å². The van der Waals surface area contributed by atoms with Gasteiger partial charge in [0.2, 0.25) is 0 Å². The maximum atomic E-state index is 11.2. The fraction of sp³-hybridized carbons (Fsp3) is 0.875. The average Bonchev–Trinajstić information content (AvgIpc) is 1.96. The zero-order chi connectivity index (χ0) is 8.48. The monoisotopic (exact) mass is 158 g/mol. The maximum Gasteiger partial charge on any atom is 0.311 e. The molecule has 3 heteroatoms. The Kier molecular flexibility index (Phi) is 2.18. The molecule has 0 spiro atoms. The number of hydrogen-bond acceptors (Lipinski definition) is 3. The van der Waals surface area contributed by atoms with Crippen molar-refractivity contribution in [3.8, 4) is 0 Å². The molecule has 0 bridgehead atoms. The van der Waals surface area contributed by atoms with Gasteiger partial charge < -0.3 is 9.84 Å². The molecular formula is C8H14O3. The molecular weight excluding hydrogens is 144 g/mol.